The summed E-state index contributed by atoms with van der Waals surface area (Å²) in [4.78, 5) is 9.08. The molecule has 0 unspecified atom stereocenters. The molecule has 2 aromatic rings. The number of aliphatic imine (C=N–C) groups is 2. The van der Waals surface area contributed by atoms with Crippen molar-refractivity contribution >= 4 is 22.8 Å². The molecule has 0 fully saturated rings. The summed E-state index contributed by atoms with van der Waals surface area (Å²) in [5.74, 6) is 4.12. The summed E-state index contributed by atoms with van der Waals surface area (Å²) in [5, 5.41) is 0. The number of hydrogen-bond acceptors (Lipinski definition) is 2. The number of benzene rings is 2. The van der Waals surface area contributed by atoms with E-state index in [-0.39, 0.29) is 0 Å². The Labute approximate surface area is 133 Å². The molecule has 0 saturated carbocycles. The van der Waals surface area contributed by atoms with Gasteiger partial charge >= 0.3 is 26.2 Å². The Morgan fingerprint density at radius 3 is 1.24 bits per heavy atom. The van der Waals surface area contributed by atoms with Crippen molar-refractivity contribution in [3.8, 4) is 0 Å². The molecule has 0 aliphatic carbocycles. The number of para-hydroxylation sites is 2. The van der Waals surface area contributed by atoms with Gasteiger partial charge in [0, 0.05) is 0 Å². The molecule has 0 spiro atoms. The second kappa shape index (κ2) is 10.1. The van der Waals surface area contributed by atoms with E-state index < -0.39 is 0 Å². The van der Waals surface area contributed by atoms with E-state index in [4.69, 9.17) is 0 Å². The van der Waals surface area contributed by atoms with E-state index in [9.17, 15) is 0 Å². The van der Waals surface area contributed by atoms with Gasteiger partial charge in [-0.25, -0.2) is 0 Å². The van der Waals surface area contributed by atoms with Gasteiger partial charge in [-0.05, 0) is 38.1 Å². The summed E-state index contributed by atoms with van der Waals surface area (Å²) in [6.07, 6.45) is 0. The molecule has 2 aromatic carbocycles. The Bertz CT molecular complexity index is 521. The molecule has 21 heavy (non-hydrogen) atoms. The predicted molar refractivity (Wildman–Crippen MR) is 90.2 cm³/mol. The Hall–Kier alpha value is -1.73. The molecule has 114 valence electrons. The summed E-state index contributed by atoms with van der Waals surface area (Å²) >= 11 is 1.62. The summed E-state index contributed by atoms with van der Waals surface area (Å²) in [5.41, 5.74) is 3.78. The fourth-order valence-corrected chi connectivity index (χ4v) is 1.55. The molecule has 3 heteroatoms. The predicted octanol–water partition coefficient (Wildman–Crippen LogP) is 5.74. The maximum atomic E-state index is 4.54. The topological polar surface area (TPSA) is 24.7 Å². The van der Waals surface area contributed by atoms with Gasteiger partial charge in [-0.1, -0.05) is 36.4 Å². The van der Waals surface area contributed by atoms with Crippen molar-refractivity contribution in [2.45, 2.75) is 25.6 Å². The van der Waals surface area contributed by atoms with E-state index in [1.165, 1.54) is 0 Å². The normalized spacial score (nSPS) is 11.8. The van der Waals surface area contributed by atoms with Gasteiger partial charge in [0.15, 0.2) is 0 Å². The second-order valence-electron chi connectivity index (χ2n) is 4.38. The molecule has 0 bridgehead atoms. The van der Waals surface area contributed by atoms with Crippen LogP contribution in [-0.4, -0.2) is 11.4 Å². The van der Waals surface area contributed by atoms with Gasteiger partial charge in [0.2, 0.25) is 0 Å². The molecular formula is C18H22N2Ni. The third-order valence-corrected chi connectivity index (χ3v) is 2.63. The summed E-state index contributed by atoms with van der Waals surface area (Å²) in [7, 11) is 0. The number of rotatable bonds is 3. The van der Waals surface area contributed by atoms with Crippen molar-refractivity contribution in [3.63, 3.8) is 0 Å². The van der Waals surface area contributed by atoms with Crippen molar-refractivity contribution < 1.29 is 14.4 Å². The summed E-state index contributed by atoms with van der Waals surface area (Å²) in [6.45, 7) is 3.96. The SMILES string of the molecule is CC(=Nc1ccccc1)C(C)=Nc1ccccc1.[CH3][Ni][CH3]. The zero-order chi connectivity index (χ0) is 15.5. The zero-order valence-electron chi connectivity index (χ0n) is 13.0. The standard InChI is InChI=1S/C16H16N2.2CH3.Ni/c1-13(17-15-9-5-3-6-10-15)14(2)18-16-11-7-4-8-12-16;;;/h3-12H,1-2H3;2*1H3;. The Kier molecular flexibility index (Phi) is 8.30. The third kappa shape index (κ3) is 7.01. The van der Waals surface area contributed by atoms with E-state index in [1.54, 1.807) is 14.4 Å². The van der Waals surface area contributed by atoms with E-state index in [1.807, 2.05) is 74.5 Å². The summed E-state index contributed by atoms with van der Waals surface area (Å²) in [6, 6.07) is 19.8. The van der Waals surface area contributed by atoms with Crippen LogP contribution in [0.25, 0.3) is 0 Å². The van der Waals surface area contributed by atoms with Crippen molar-refractivity contribution in [1.82, 2.24) is 0 Å². The van der Waals surface area contributed by atoms with Crippen LogP contribution in [0.5, 0.6) is 0 Å². The van der Waals surface area contributed by atoms with Crippen LogP contribution in [0.2, 0.25) is 11.8 Å². The van der Waals surface area contributed by atoms with Gasteiger partial charge in [0.1, 0.15) is 0 Å². The van der Waals surface area contributed by atoms with Crippen LogP contribution in [0, 0.1) is 0 Å². The summed E-state index contributed by atoms with van der Waals surface area (Å²) < 4.78 is 0. The number of nitrogens with zero attached hydrogens (tertiary/aromatic N) is 2. The van der Waals surface area contributed by atoms with Gasteiger partial charge < -0.3 is 0 Å². The van der Waals surface area contributed by atoms with Gasteiger partial charge in [0.25, 0.3) is 0 Å². The first-order chi connectivity index (χ1) is 10.2. The van der Waals surface area contributed by atoms with E-state index in [0.717, 1.165) is 22.8 Å². The van der Waals surface area contributed by atoms with Gasteiger partial charge in [-0.15, -0.1) is 0 Å². The van der Waals surface area contributed by atoms with E-state index in [0.29, 0.717) is 0 Å². The van der Waals surface area contributed by atoms with Crippen LogP contribution in [-0.2, 0) is 14.4 Å². The van der Waals surface area contributed by atoms with Crippen LogP contribution < -0.4 is 0 Å². The third-order valence-electron chi connectivity index (χ3n) is 2.63. The average molecular weight is 325 g/mol. The molecular weight excluding hydrogens is 303 g/mol. The molecule has 0 amide bonds. The average Bonchev–Trinajstić information content (AvgIpc) is 2.50. The first-order valence-electron chi connectivity index (χ1n) is 6.60. The van der Waals surface area contributed by atoms with Crippen LogP contribution in [0.3, 0.4) is 0 Å². The number of hydrogen-bond donors (Lipinski definition) is 0. The molecule has 0 saturated heterocycles. The first-order valence-corrected chi connectivity index (χ1v) is 8.57. The van der Waals surface area contributed by atoms with Crippen LogP contribution in [0.15, 0.2) is 70.6 Å². The minimum absolute atomic E-state index is 0.935. The van der Waals surface area contributed by atoms with Crippen molar-refractivity contribution in [2.75, 3.05) is 0 Å². The van der Waals surface area contributed by atoms with Crippen molar-refractivity contribution in [1.29, 1.82) is 0 Å². The van der Waals surface area contributed by atoms with E-state index in [2.05, 4.69) is 21.8 Å². The first kappa shape index (κ1) is 17.3. The molecule has 0 aromatic heterocycles. The fourth-order valence-electron chi connectivity index (χ4n) is 1.55. The molecule has 2 nitrogen and oxygen atoms in total. The molecule has 2 rings (SSSR count). The van der Waals surface area contributed by atoms with Gasteiger partial charge in [0.05, 0.1) is 22.8 Å². The Balaban J connectivity index is 0.000000677. The molecule has 0 aliphatic rings. The van der Waals surface area contributed by atoms with Crippen molar-refractivity contribution in [3.05, 3.63) is 60.7 Å². The second-order valence-corrected chi connectivity index (χ2v) is 5.37. The zero-order valence-corrected chi connectivity index (χ0v) is 14.0. The van der Waals surface area contributed by atoms with E-state index >= 15 is 0 Å². The van der Waals surface area contributed by atoms with Gasteiger partial charge in [-0.2, -0.15) is 0 Å². The van der Waals surface area contributed by atoms with Crippen LogP contribution in [0.1, 0.15) is 13.8 Å². The monoisotopic (exact) mass is 324 g/mol. The minimum atomic E-state index is 0.935. The molecule has 0 atom stereocenters. The van der Waals surface area contributed by atoms with Crippen molar-refractivity contribution in [2.24, 2.45) is 9.98 Å². The quantitative estimate of drug-likeness (QED) is 0.508. The van der Waals surface area contributed by atoms with Gasteiger partial charge in [-0.3, -0.25) is 9.98 Å². The molecule has 0 heterocycles. The van der Waals surface area contributed by atoms with Crippen LogP contribution >= 0.6 is 0 Å². The van der Waals surface area contributed by atoms with Crippen LogP contribution in [0.4, 0.5) is 11.4 Å². The molecule has 0 aliphatic heterocycles. The Morgan fingerprint density at radius 1 is 0.667 bits per heavy atom. The molecule has 0 N–H and O–H groups in total. The Morgan fingerprint density at radius 2 is 0.952 bits per heavy atom. The fraction of sp³-hybridized carbons (Fsp3) is 0.222. The molecule has 0 radical (unpaired) electrons. The maximum absolute atomic E-state index is 4.54.